The minimum absolute atomic E-state index is 0.0482. The zero-order chi connectivity index (χ0) is 15.6. The number of carbonyl (C=O) groups is 1. The highest BCUT2D eigenvalue weighted by molar-refractivity contribution is 7.91. The number of hydrazine groups is 1. The third-order valence-electron chi connectivity index (χ3n) is 3.01. The molecule has 0 radical (unpaired) electrons. The Balaban J connectivity index is 1.99. The third kappa shape index (κ3) is 3.74. The van der Waals surface area contributed by atoms with Crippen LogP contribution in [0, 0.1) is 10.1 Å². The molecule has 1 amide bonds. The van der Waals surface area contributed by atoms with Gasteiger partial charge >= 0.3 is 0 Å². The minimum atomic E-state index is -3.33. The van der Waals surface area contributed by atoms with Gasteiger partial charge in [0, 0.05) is 17.7 Å². The quantitative estimate of drug-likeness (QED) is 0.478. The topological polar surface area (TPSA) is 139 Å². The molecule has 0 saturated carbocycles. The van der Waals surface area contributed by atoms with E-state index in [0.29, 0.717) is 0 Å². The molecular weight excluding hydrogens is 302 g/mol. The highest BCUT2D eigenvalue weighted by atomic mass is 32.2. The lowest BCUT2D eigenvalue weighted by Crippen LogP contribution is -2.49. The number of nitro groups is 1. The summed E-state index contributed by atoms with van der Waals surface area (Å²) >= 11 is 0. The van der Waals surface area contributed by atoms with E-state index in [1.54, 1.807) is 0 Å². The van der Waals surface area contributed by atoms with E-state index >= 15 is 0 Å². The molecule has 1 aromatic carbocycles. The summed E-state index contributed by atoms with van der Waals surface area (Å²) in [6.45, 7) is 0. The molecule has 2 atom stereocenters. The number of aliphatic hydroxyl groups is 1. The highest BCUT2D eigenvalue weighted by Gasteiger charge is 2.36. The number of benzene rings is 1. The Hall–Kier alpha value is -2.04. The van der Waals surface area contributed by atoms with E-state index in [0.717, 1.165) is 6.07 Å². The number of nitrogens with zero attached hydrogens (tertiary/aromatic N) is 1. The second-order valence-corrected chi connectivity index (χ2v) is 6.81. The number of aliphatic hydroxyl groups excluding tert-OH is 1. The van der Waals surface area contributed by atoms with Crippen LogP contribution in [0.1, 0.15) is 10.4 Å². The standard InChI is InChI=1S/C11H13N3O6S/c15-10-6-21(19,20)5-9(10)12-13-11(16)7-2-1-3-8(4-7)14(17)18/h1-4,9-10,12,15H,5-6H2,(H,13,16)/t9-,10+/m0/s1. The summed E-state index contributed by atoms with van der Waals surface area (Å²) in [6.07, 6.45) is -1.11. The molecular formula is C11H13N3O6S. The average molecular weight is 315 g/mol. The lowest BCUT2D eigenvalue weighted by Gasteiger charge is -2.15. The first-order valence-electron chi connectivity index (χ1n) is 5.97. The van der Waals surface area contributed by atoms with Crippen LogP contribution in [0.15, 0.2) is 24.3 Å². The predicted molar refractivity (Wildman–Crippen MR) is 72.1 cm³/mol. The fourth-order valence-electron chi connectivity index (χ4n) is 1.96. The fraction of sp³-hybridized carbons (Fsp3) is 0.364. The average Bonchev–Trinajstić information content (AvgIpc) is 2.68. The van der Waals surface area contributed by atoms with Crippen LogP contribution < -0.4 is 10.9 Å². The van der Waals surface area contributed by atoms with E-state index in [9.17, 15) is 28.4 Å². The lowest BCUT2D eigenvalue weighted by molar-refractivity contribution is -0.384. The number of amides is 1. The van der Waals surface area contributed by atoms with Crippen molar-refractivity contribution >= 4 is 21.4 Å². The molecule has 0 aliphatic carbocycles. The van der Waals surface area contributed by atoms with Crippen molar-refractivity contribution in [1.29, 1.82) is 0 Å². The zero-order valence-electron chi connectivity index (χ0n) is 10.7. The van der Waals surface area contributed by atoms with Gasteiger partial charge in [-0.3, -0.25) is 20.3 Å². The van der Waals surface area contributed by atoms with E-state index in [1.807, 2.05) is 0 Å². The van der Waals surface area contributed by atoms with Gasteiger partial charge in [-0.1, -0.05) is 6.07 Å². The Bertz CT molecular complexity index is 674. The molecule has 1 aliphatic heterocycles. The van der Waals surface area contributed by atoms with Crippen LogP contribution in [-0.2, 0) is 9.84 Å². The minimum Gasteiger partial charge on any atom is -0.390 e. The lowest BCUT2D eigenvalue weighted by atomic mass is 10.2. The summed E-state index contributed by atoms with van der Waals surface area (Å²) in [5.74, 6) is -1.31. The molecule has 0 bridgehead atoms. The number of non-ortho nitro benzene ring substituents is 1. The monoisotopic (exact) mass is 315 g/mol. The van der Waals surface area contributed by atoms with Gasteiger partial charge in [0.05, 0.1) is 28.6 Å². The normalized spacial score (nSPS) is 23.7. The molecule has 21 heavy (non-hydrogen) atoms. The van der Waals surface area contributed by atoms with Crippen LogP contribution in [-0.4, -0.2) is 48.0 Å². The number of hydrogen-bond acceptors (Lipinski definition) is 7. The first-order chi connectivity index (χ1) is 9.78. The molecule has 1 aromatic rings. The first kappa shape index (κ1) is 15.4. The molecule has 10 heteroatoms. The number of nitrogens with one attached hydrogen (secondary N) is 2. The molecule has 0 spiro atoms. The third-order valence-corrected chi connectivity index (χ3v) is 4.73. The van der Waals surface area contributed by atoms with Crippen LogP contribution in [0.4, 0.5) is 5.69 Å². The van der Waals surface area contributed by atoms with Crippen molar-refractivity contribution in [2.75, 3.05) is 11.5 Å². The van der Waals surface area contributed by atoms with Crippen molar-refractivity contribution in [2.45, 2.75) is 12.1 Å². The summed E-state index contributed by atoms with van der Waals surface area (Å²) in [6, 6.07) is 4.28. The van der Waals surface area contributed by atoms with Crippen molar-refractivity contribution in [2.24, 2.45) is 0 Å². The molecule has 114 valence electrons. The molecule has 0 aromatic heterocycles. The number of hydrogen-bond donors (Lipinski definition) is 3. The molecule has 9 nitrogen and oxygen atoms in total. The molecule has 0 unspecified atom stereocenters. The van der Waals surface area contributed by atoms with Crippen LogP contribution in [0.25, 0.3) is 0 Å². The molecule has 2 rings (SSSR count). The van der Waals surface area contributed by atoms with Crippen molar-refractivity contribution in [3.8, 4) is 0 Å². The zero-order valence-corrected chi connectivity index (χ0v) is 11.5. The molecule has 1 saturated heterocycles. The Labute approximate surface area is 120 Å². The maximum Gasteiger partial charge on any atom is 0.270 e. The summed E-state index contributed by atoms with van der Waals surface area (Å²) in [5, 5.41) is 20.2. The smallest absolute Gasteiger partial charge is 0.270 e. The van der Waals surface area contributed by atoms with E-state index in [1.165, 1.54) is 18.2 Å². The fourth-order valence-corrected chi connectivity index (χ4v) is 3.70. The van der Waals surface area contributed by atoms with Gasteiger partial charge in [0.15, 0.2) is 9.84 Å². The van der Waals surface area contributed by atoms with Crippen LogP contribution in [0.5, 0.6) is 0 Å². The van der Waals surface area contributed by atoms with Gasteiger partial charge < -0.3 is 5.11 Å². The van der Waals surface area contributed by atoms with Gasteiger partial charge in [0.2, 0.25) is 0 Å². The van der Waals surface area contributed by atoms with Gasteiger partial charge in [-0.2, -0.15) is 0 Å². The van der Waals surface area contributed by atoms with Crippen molar-refractivity contribution < 1.29 is 23.2 Å². The van der Waals surface area contributed by atoms with E-state index < -0.39 is 32.8 Å². The summed E-state index contributed by atoms with van der Waals surface area (Å²) in [4.78, 5) is 21.8. The summed E-state index contributed by atoms with van der Waals surface area (Å²) in [5.41, 5.74) is 4.49. The Morgan fingerprint density at radius 2 is 2.10 bits per heavy atom. The van der Waals surface area contributed by atoms with Crippen LogP contribution in [0.3, 0.4) is 0 Å². The Morgan fingerprint density at radius 1 is 1.38 bits per heavy atom. The SMILES string of the molecule is O=C(NN[C@H]1CS(=O)(=O)C[C@H]1O)c1cccc([N+](=O)[O-])c1. The molecule has 1 heterocycles. The number of rotatable bonds is 4. The van der Waals surface area contributed by atoms with Crippen LogP contribution >= 0.6 is 0 Å². The Morgan fingerprint density at radius 3 is 2.67 bits per heavy atom. The van der Waals surface area contributed by atoms with Crippen molar-refractivity contribution in [1.82, 2.24) is 10.9 Å². The van der Waals surface area contributed by atoms with Crippen molar-refractivity contribution in [3.63, 3.8) is 0 Å². The number of sulfone groups is 1. The maximum atomic E-state index is 11.8. The van der Waals surface area contributed by atoms with Gasteiger partial charge in [0.1, 0.15) is 0 Å². The number of nitro benzene ring substituents is 1. The van der Waals surface area contributed by atoms with E-state index in [2.05, 4.69) is 10.9 Å². The second-order valence-electron chi connectivity index (χ2n) is 4.66. The summed E-state index contributed by atoms with van der Waals surface area (Å²) in [7, 11) is -3.33. The van der Waals surface area contributed by atoms with Crippen molar-refractivity contribution in [3.05, 3.63) is 39.9 Å². The van der Waals surface area contributed by atoms with Gasteiger partial charge in [-0.15, -0.1) is 0 Å². The Kier molecular flexibility index (Phi) is 4.21. The van der Waals surface area contributed by atoms with Gasteiger partial charge in [-0.05, 0) is 6.07 Å². The number of carbonyl (C=O) groups excluding carboxylic acids is 1. The predicted octanol–water partition coefficient (Wildman–Crippen LogP) is -1.01. The van der Waals surface area contributed by atoms with Crippen LogP contribution in [0.2, 0.25) is 0 Å². The maximum absolute atomic E-state index is 11.8. The summed E-state index contributed by atoms with van der Waals surface area (Å²) < 4.78 is 22.6. The molecule has 1 fully saturated rings. The largest absolute Gasteiger partial charge is 0.390 e. The highest BCUT2D eigenvalue weighted by Crippen LogP contribution is 2.14. The first-order valence-corrected chi connectivity index (χ1v) is 7.79. The molecule has 1 aliphatic rings. The second kappa shape index (κ2) is 5.76. The molecule has 3 N–H and O–H groups in total. The van der Waals surface area contributed by atoms with Gasteiger partial charge in [0.25, 0.3) is 11.6 Å². The van der Waals surface area contributed by atoms with E-state index in [-0.39, 0.29) is 22.8 Å². The van der Waals surface area contributed by atoms with E-state index in [4.69, 9.17) is 0 Å². The van der Waals surface area contributed by atoms with Gasteiger partial charge in [-0.25, -0.2) is 13.8 Å².